The molecule has 1 aromatic carbocycles. The average molecular weight is 238 g/mol. The zero-order chi connectivity index (χ0) is 12.5. The van der Waals surface area contributed by atoms with E-state index in [1.54, 1.807) is 6.26 Å². The molecule has 18 heavy (non-hydrogen) atoms. The fraction of sp³-hybridized carbons (Fsp3) is 0.133. The van der Waals surface area contributed by atoms with Crippen LogP contribution in [0.4, 0.5) is 5.69 Å². The summed E-state index contributed by atoms with van der Waals surface area (Å²) < 4.78 is 5.42. The molecular weight excluding hydrogens is 224 g/mol. The van der Waals surface area contributed by atoms with Crippen molar-refractivity contribution < 1.29 is 4.42 Å². The standard InChI is InChI=1S/C15H14N2O/c1-17(2)14-10-13(15-8-5-9-18-15)16-12-7-4-3-6-11(12)14/h3-10H,1-2H3. The lowest BCUT2D eigenvalue weighted by atomic mass is 10.1. The van der Waals surface area contributed by atoms with E-state index in [0.29, 0.717) is 0 Å². The molecule has 2 heterocycles. The van der Waals surface area contributed by atoms with Crippen molar-refractivity contribution in [3.63, 3.8) is 0 Å². The van der Waals surface area contributed by atoms with Gasteiger partial charge in [0.1, 0.15) is 5.69 Å². The van der Waals surface area contributed by atoms with Gasteiger partial charge >= 0.3 is 0 Å². The van der Waals surface area contributed by atoms with Gasteiger partial charge in [0.25, 0.3) is 0 Å². The molecule has 0 aliphatic heterocycles. The van der Waals surface area contributed by atoms with Gasteiger partial charge in [0.2, 0.25) is 0 Å². The summed E-state index contributed by atoms with van der Waals surface area (Å²) in [6.07, 6.45) is 1.67. The van der Waals surface area contributed by atoms with E-state index in [9.17, 15) is 0 Å². The molecule has 90 valence electrons. The molecule has 3 rings (SSSR count). The molecule has 0 saturated carbocycles. The monoisotopic (exact) mass is 238 g/mol. The topological polar surface area (TPSA) is 29.3 Å². The molecule has 0 aliphatic rings. The predicted octanol–water partition coefficient (Wildman–Crippen LogP) is 3.56. The van der Waals surface area contributed by atoms with Gasteiger partial charge in [-0.3, -0.25) is 0 Å². The first-order valence-electron chi connectivity index (χ1n) is 5.87. The molecule has 0 aliphatic carbocycles. The molecule has 3 aromatic rings. The van der Waals surface area contributed by atoms with Gasteiger partial charge in [-0.2, -0.15) is 0 Å². The van der Waals surface area contributed by atoms with Crippen LogP contribution in [0, 0.1) is 0 Å². The second-order valence-corrected chi connectivity index (χ2v) is 4.42. The van der Waals surface area contributed by atoms with E-state index in [1.165, 1.54) is 0 Å². The molecule has 0 saturated heterocycles. The number of para-hydroxylation sites is 1. The van der Waals surface area contributed by atoms with Gasteiger partial charge in [0.15, 0.2) is 5.76 Å². The fourth-order valence-electron chi connectivity index (χ4n) is 2.08. The third kappa shape index (κ3) is 1.74. The Morgan fingerprint density at radius 2 is 1.89 bits per heavy atom. The number of hydrogen-bond acceptors (Lipinski definition) is 3. The van der Waals surface area contributed by atoms with Crippen molar-refractivity contribution in [3.8, 4) is 11.5 Å². The van der Waals surface area contributed by atoms with Gasteiger partial charge in [-0.25, -0.2) is 4.98 Å². The van der Waals surface area contributed by atoms with Crippen LogP contribution < -0.4 is 4.90 Å². The molecule has 0 amide bonds. The largest absolute Gasteiger partial charge is 0.463 e. The molecule has 0 fully saturated rings. The van der Waals surface area contributed by atoms with Crippen molar-refractivity contribution in [3.05, 3.63) is 48.7 Å². The van der Waals surface area contributed by atoms with E-state index in [0.717, 1.165) is 28.0 Å². The molecule has 0 N–H and O–H groups in total. The van der Waals surface area contributed by atoms with Gasteiger partial charge in [-0.05, 0) is 24.3 Å². The van der Waals surface area contributed by atoms with E-state index in [1.807, 2.05) is 44.4 Å². The third-order valence-corrected chi connectivity index (χ3v) is 2.95. The van der Waals surface area contributed by atoms with Crippen LogP contribution >= 0.6 is 0 Å². The second kappa shape index (κ2) is 4.18. The minimum atomic E-state index is 0.795. The van der Waals surface area contributed by atoms with Gasteiger partial charge in [-0.1, -0.05) is 18.2 Å². The fourth-order valence-corrected chi connectivity index (χ4v) is 2.08. The van der Waals surface area contributed by atoms with Crippen molar-refractivity contribution >= 4 is 16.6 Å². The lowest BCUT2D eigenvalue weighted by Crippen LogP contribution is -2.09. The summed E-state index contributed by atoms with van der Waals surface area (Å²) in [6, 6.07) is 14.0. The maximum atomic E-state index is 5.42. The Morgan fingerprint density at radius 3 is 2.61 bits per heavy atom. The molecule has 0 spiro atoms. The highest BCUT2D eigenvalue weighted by Crippen LogP contribution is 2.29. The molecule has 0 unspecified atom stereocenters. The minimum absolute atomic E-state index is 0.795. The van der Waals surface area contributed by atoms with E-state index >= 15 is 0 Å². The number of aromatic nitrogens is 1. The van der Waals surface area contributed by atoms with Crippen molar-refractivity contribution in [1.82, 2.24) is 4.98 Å². The Morgan fingerprint density at radius 1 is 1.06 bits per heavy atom. The first kappa shape index (κ1) is 10.8. The van der Waals surface area contributed by atoms with Crippen molar-refractivity contribution in [1.29, 1.82) is 0 Å². The van der Waals surface area contributed by atoms with Crippen LogP contribution in [0.3, 0.4) is 0 Å². The van der Waals surface area contributed by atoms with Crippen molar-refractivity contribution in [2.75, 3.05) is 19.0 Å². The van der Waals surface area contributed by atoms with Crippen LogP contribution in [0.2, 0.25) is 0 Å². The summed E-state index contributed by atoms with van der Waals surface area (Å²) in [5.41, 5.74) is 2.99. The zero-order valence-electron chi connectivity index (χ0n) is 10.4. The van der Waals surface area contributed by atoms with Crippen molar-refractivity contribution in [2.24, 2.45) is 0 Å². The third-order valence-electron chi connectivity index (χ3n) is 2.95. The number of furan rings is 1. The van der Waals surface area contributed by atoms with Crippen LogP contribution in [0.1, 0.15) is 0 Å². The zero-order valence-corrected chi connectivity index (χ0v) is 10.4. The SMILES string of the molecule is CN(C)c1cc(-c2ccco2)nc2ccccc12. The summed E-state index contributed by atoms with van der Waals surface area (Å²) in [5.74, 6) is 0.795. The highest BCUT2D eigenvalue weighted by molar-refractivity contribution is 5.93. The Kier molecular flexibility index (Phi) is 2.52. The van der Waals surface area contributed by atoms with Crippen LogP contribution in [-0.2, 0) is 0 Å². The Bertz CT molecular complexity index is 672. The maximum absolute atomic E-state index is 5.42. The van der Waals surface area contributed by atoms with Gasteiger partial charge in [0.05, 0.1) is 11.8 Å². The lowest BCUT2D eigenvalue weighted by molar-refractivity contribution is 0.580. The Hall–Kier alpha value is -2.29. The number of hydrogen-bond donors (Lipinski definition) is 0. The maximum Gasteiger partial charge on any atom is 0.152 e. The normalized spacial score (nSPS) is 10.8. The van der Waals surface area contributed by atoms with Crippen LogP contribution in [0.25, 0.3) is 22.4 Å². The van der Waals surface area contributed by atoms with E-state index < -0.39 is 0 Å². The highest BCUT2D eigenvalue weighted by atomic mass is 16.3. The summed E-state index contributed by atoms with van der Waals surface area (Å²) in [7, 11) is 4.07. The predicted molar refractivity (Wildman–Crippen MR) is 73.8 cm³/mol. The molecule has 0 bridgehead atoms. The van der Waals surface area contributed by atoms with Gasteiger partial charge in [-0.15, -0.1) is 0 Å². The van der Waals surface area contributed by atoms with E-state index in [-0.39, 0.29) is 0 Å². The number of pyridine rings is 1. The number of nitrogens with zero attached hydrogens (tertiary/aromatic N) is 2. The van der Waals surface area contributed by atoms with Gasteiger partial charge in [0, 0.05) is 25.2 Å². The lowest BCUT2D eigenvalue weighted by Gasteiger charge is -2.16. The molecule has 3 nitrogen and oxygen atoms in total. The quantitative estimate of drug-likeness (QED) is 0.683. The highest BCUT2D eigenvalue weighted by Gasteiger charge is 2.09. The number of rotatable bonds is 2. The summed E-state index contributed by atoms with van der Waals surface area (Å²) in [5, 5.41) is 1.15. The van der Waals surface area contributed by atoms with Gasteiger partial charge < -0.3 is 9.32 Å². The van der Waals surface area contributed by atoms with Crippen LogP contribution in [0.5, 0.6) is 0 Å². The number of fused-ring (bicyclic) bond motifs is 1. The molecule has 2 aromatic heterocycles. The van der Waals surface area contributed by atoms with E-state index in [4.69, 9.17) is 4.42 Å². The first-order chi connectivity index (χ1) is 8.75. The Labute approximate surface area is 106 Å². The number of benzene rings is 1. The average Bonchev–Trinajstić information content (AvgIpc) is 2.91. The minimum Gasteiger partial charge on any atom is -0.463 e. The summed E-state index contributed by atoms with van der Waals surface area (Å²) in [6.45, 7) is 0. The molecular formula is C15H14N2O. The molecule has 0 atom stereocenters. The molecule has 0 radical (unpaired) electrons. The van der Waals surface area contributed by atoms with Crippen LogP contribution in [0.15, 0.2) is 53.1 Å². The van der Waals surface area contributed by atoms with Crippen LogP contribution in [-0.4, -0.2) is 19.1 Å². The smallest absolute Gasteiger partial charge is 0.152 e. The Balaban J connectivity index is 2.30. The van der Waals surface area contributed by atoms with E-state index in [2.05, 4.69) is 22.0 Å². The van der Waals surface area contributed by atoms with Crippen molar-refractivity contribution in [2.45, 2.75) is 0 Å². The number of anilines is 1. The molecule has 3 heteroatoms. The summed E-state index contributed by atoms with van der Waals surface area (Å²) in [4.78, 5) is 6.73. The second-order valence-electron chi connectivity index (χ2n) is 4.42. The summed E-state index contributed by atoms with van der Waals surface area (Å²) >= 11 is 0. The first-order valence-corrected chi connectivity index (χ1v) is 5.87.